The number of aliphatic hydroxyl groups excluding tert-OH is 2. The molecular formula is C20H34N5O8P. The highest BCUT2D eigenvalue weighted by atomic mass is 31.2. The van der Waals surface area contributed by atoms with E-state index in [1.807, 2.05) is 19.9 Å². The molecule has 13 nitrogen and oxygen atoms in total. The molecule has 0 amide bonds. The summed E-state index contributed by atoms with van der Waals surface area (Å²) in [5.41, 5.74) is 5.52. The van der Waals surface area contributed by atoms with Gasteiger partial charge in [0, 0.05) is 6.20 Å². The highest BCUT2D eigenvalue weighted by molar-refractivity contribution is 7.51. The largest absolute Gasteiger partial charge is 0.464 e. The first-order valence-electron chi connectivity index (χ1n) is 11.1. The molecule has 0 aliphatic carbocycles. The summed E-state index contributed by atoms with van der Waals surface area (Å²) in [7, 11) is -4.03. The van der Waals surface area contributed by atoms with Crippen molar-refractivity contribution in [2.75, 3.05) is 13.2 Å². The summed E-state index contributed by atoms with van der Waals surface area (Å²) >= 11 is 0. The lowest BCUT2D eigenvalue weighted by molar-refractivity contribution is -0.169. The molecule has 2 heterocycles. The van der Waals surface area contributed by atoms with Gasteiger partial charge in [0.25, 0.3) is 0 Å². The minimum Gasteiger partial charge on any atom is -0.464 e. The van der Waals surface area contributed by atoms with Crippen LogP contribution in [0, 0.1) is 17.2 Å². The molecule has 192 valence electrons. The fourth-order valence-corrected chi connectivity index (χ4v) is 5.01. The maximum atomic E-state index is 13.1. The summed E-state index contributed by atoms with van der Waals surface area (Å²) < 4.78 is 34.9. The quantitative estimate of drug-likeness (QED) is 0.227. The molecule has 7 unspecified atom stereocenters. The number of nitrogens with zero attached hydrogens (tertiary/aromatic N) is 3. The number of carbonyl (C=O) groups excluding carboxylic acids is 1. The van der Waals surface area contributed by atoms with E-state index in [1.165, 1.54) is 26.1 Å². The average Bonchev–Trinajstić information content (AvgIpc) is 2.79. The van der Waals surface area contributed by atoms with Crippen LogP contribution < -0.4 is 10.8 Å². The first-order valence-corrected chi connectivity index (χ1v) is 12.6. The first kappa shape index (κ1) is 28.2. The Kier molecular flexibility index (Phi) is 10.5. The van der Waals surface area contributed by atoms with E-state index < -0.39 is 50.6 Å². The van der Waals surface area contributed by atoms with E-state index in [1.54, 1.807) is 0 Å². The van der Waals surface area contributed by atoms with Crippen LogP contribution in [0.5, 0.6) is 0 Å². The zero-order valence-corrected chi connectivity index (χ0v) is 20.6. The number of esters is 1. The van der Waals surface area contributed by atoms with E-state index in [-0.39, 0.29) is 25.0 Å². The molecular weight excluding hydrogens is 469 g/mol. The van der Waals surface area contributed by atoms with Crippen LogP contribution in [0.2, 0.25) is 0 Å². The van der Waals surface area contributed by atoms with Crippen LogP contribution in [0.25, 0.3) is 0 Å². The SMILES string of the molecule is CCC(CC)COC(=O)C(C)NP1(=O)OCC(OC(C#N)N2C=CC(N)=NC2O)C(C(C)O)O1. The Labute approximate surface area is 199 Å². The van der Waals surface area contributed by atoms with Crippen LogP contribution in [0.1, 0.15) is 40.5 Å². The molecule has 0 aromatic heterocycles. The molecule has 0 aromatic rings. The van der Waals surface area contributed by atoms with Gasteiger partial charge in [0.1, 0.15) is 30.2 Å². The van der Waals surface area contributed by atoms with Crippen molar-refractivity contribution in [3.63, 3.8) is 0 Å². The van der Waals surface area contributed by atoms with Crippen molar-refractivity contribution in [3.05, 3.63) is 12.3 Å². The number of nitrogens with two attached hydrogens (primary N) is 1. The molecule has 34 heavy (non-hydrogen) atoms. The number of carbonyl (C=O) groups is 1. The third-order valence-corrected chi connectivity index (χ3v) is 7.18. The van der Waals surface area contributed by atoms with Crippen LogP contribution in [0.4, 0.5) is 0 Å². The lowest BCUT2D eigenvalue weighted by Crippen LogP contribution is -2.52. The van der Waals surface area contributed by atoms with Gasteiger partial charge < -0.3 is 25.4 Å². The zero-order chi connectivity index (χ0) is 25.5. The van der Waals surface area contributed by atoms with Crippen molar-refractivity contribution >= 4 is 19.6 Å². The first-order chi connectivity index (χ1) is 16.0. The highest BCUT2D eigenvalue weighted by Gasteiger charge is 2.45. The molecule has 0 bridgehead atoms. The fourth-order valence-electron chi connectivity index (χ4n) is 3.26. The monoisotopic (exact) mass is 503 g/mol. The van der Waals surface area contributed by atoms with Gasteiger partial charge in [-0.25, -0.2) is 14.6 Å². The Hall–Kier alpha value is -2.04. The molecule has 7 atom stereocenters. The van der Waals surface area contributed by atoms with Gasteiger partial charge in [0.2, 0.25) is 12.6 Å². The Morgan fingerprint density at radius 2 is 2.15 bits per heavy atom. The van der Waals surface area contributed by atoms with Crippen molar-refractivity contribution in [1.29, 1.82) is 5.26 Å². The second-order valence-electron chi connectivity index (χ2n) is 8.09. The minimum atomic E-state index is -4.03. The molecule has 2 aliphatic heterocycles. The van der Waals surface area contributed by atoms with E-state index in [9.17, 15) is 24.8 Å². The molecule has 5 N–H and O–H groups in total. The van der Waals surface area contributed by atoms with Crippen molar-refractivity contribution in [2.45, 2.75) is 77.5 Å². The smallest absolute Gasteiger partial charge is 0.406 e. The molecule has 0 spiro atoms. The summed E-state index contributed by atoms with van der Waals surface area (Å²) in [6, 6.07) is 0.864. The second-order valence-corrected chi connectivity index (χ2v) is 9.81. The van der Waals surface area contributed by atoms with Crippen molar-refractivity contribution in [3.8, 4) is 6.07 Å². The fraction of sp³-hybridized carbons (Fsp3) is 0.750. The highest BCUT2D eigenvalue weighted by Crippen LogP contribution is 2.50. The van der Waals surface area contributed by atoms with Crippen molar-refractivity contribution < 1.29 is 38.1 Å². The minimum absolute atomic E-state index is 0.0752. The molecule has 1 fully saturated rings. The number of nitriles is 1. The summed E-state index contributed by atoms with van der Waals surface area (Å²) in [4.78, 5) is 17.1. The number of amidine groups is 1. The average molecular weight is 503 g/mol. The maximum Gasteiger partial charge on any atom is 0.406 e. The Morgan fingerprint density at radius 3 is 2.71 bits per heavy atom. The van der Waals surface area contributed by atoms with Crippen molar-refractivity contribution in [1.82, 2.24) is 9.99 Å². The number of aliphatic imine (C=N–C) groups is 1. The van der Waals surface area contributed by atoms with Crippen molar-refractivity contribution in [2.24, 2.45) is 16.6 Å². The third-order valence-electron chi connectivity index (χ3n) is 5.47. The number of rotatable bonds is 11. The molecule has 0 saturated carbocycles. The lowest BCUT2D eigenvalue weighted by atomic mass is 10.1. The Bertz CT molecular complexity index is 843. The van der Waals surface area contributed by atoms with Crippen LogP contribution in [0.15, 0.2) is 17.3 Å². The summed E-state index contributed by atoms with van der Waals surface area (Å²) in [5, 5.41) is 32.3. The predicted molar refractivity (Wildman–Crippen MR) is 121 cm³/mol. The van der Waals surface area contributed by atoms with Gasteiger partial charge in [-0.05, 0) is 25.8 Å². The lowest BCUT2D eigenvalue weighted by Gasteiger charge is -2.40. The van der Waals surface area contributed by atoms with Gasteiger partial charge in [0.15, 0.2) is 0 Å². The molecule has 2 rings (SSSR count). The van der Waals surface area contributed by atoms with E-state index in [0.29, 0.717) is 0 Å². The van der Waals surface area contributed by atoms with Gasteiger partial charge in [-0.3, -0.25) is 18.7 Å². The summed E-state index contributed by atoms with van der Waals surface area (Å²) in [6.45, 7) is 6.78. The van der Waals surface area contributed by atoms with Crippen LogP contribution in [0.3, 0.4) is 0 Å². The van der Waals surface area contributed by atoms with Gasteiger partial charge in [0.05, 0.1) is 19.3 Å². The number of nitrogens with one attached hydrogen (secondary N) is 1. The van der Waals surface area contributed by atoms with Gasteiger partial charge in [-0.1, -0.05) is 26.7 Å². The standard InChI is InChI=1S/C20H34N5O8P/c1-5-14(6-2)10-30-19(27)12(3)24-34(29)31-11-15(18(33-34)13(4)26)32-17(9-21)25-8-7-16(22)23-20(25)28/h7-8,12-15,17-18,20,26,28H,5-6,10-11H2,1-4H3,(H2,22,23)(H,24,29). The van der Waals surface area contributed by atoms with Crippen LogP contribution in [-0.4, -0.2) is 77.1 Å². The normalized spacial score (nSPS) is 29.8. The number of hydrogen-bond acceptors (Lipinski definition) is 12. The predicted octanol–water partition coefficient (Wildman–Crippen LogP) is 0.545. The zero-order valence-electron chi connectivity index (χ0n) is 19.7. The third kappa shape index (κ3) is 7.48. The van der Waals surface area contributed by atoms with E-state index >= 15 is 0 Å². The van der Waals surface area contributed by atoms with E-state index in [2.05, 4.69) is 10.1 Å². The van der Waals surface area contributed by atoms with Gasteiger partial charge >= 0.3 is 13.7 Å². The Morgan fingerprint density at radius 1 is 1.47 bits per heavy atom. The molecule has 0 aromatic carbocycles. The van der Waals surface area contributed by atoms with Crippen LogP contribution >= 0.6 is 7.75 Å². The van der Waals surface area contributed by atoms with E-state index in [0.717, 1.165) is 17.7 Å². The molecule has 2 aliphatic rings. The van der Waals surface area contributed by atoms with Crippen LogP contribution in [-0.2, 0) is 27.9 Å². The van der Waals surface area contributed by atoms with Gasteiger partial charge in [-0.15, -0.1) is 0 Å². The number of aliphatic hydroxyl groups is 2. The van der Waals surface area contributed by atoms with Gasteiger partial charge in [-0.2, -0.15) is 5.26 Å². The number of ether oxygens (including phenoxy) is 2. The summed E-state index contributed by atoms with van der Waals surface area (Å²) in [5.74, 6) is -0.307. The second kappa shape index (κ2) is 12.6. The summed E-state index contributed by atoms with van der Waals surface area (Å²) in [6.07, 6.45) is -1.73. The molecule has 14 heteroatoms. The maximum absolute atomic E-state index is 13.1. The Balaban J connectivity index is 2.02. The van der Waals surface area contributed by atoms with E-state index in [4.69, 9.17) is 24.3 Å². The topological polar surface area (TPSA) is 189 Å². The number of hydrogen-bond donors (Lipinski definition) is 4. The molecule has 0 radical (unpaired) electrons. The molecule has 1 saturated heterocycles.